The van der Waals surface area contributed by atoms with Gasteiger partial charge in [0.05, 0.1) is 5.56 Å². The second kappa shape index (κ2) is 7.24. The van der Waals surface area contributed by atoms with Gasteiger partial charge in [-0.1, -0.05) is 12.1 Å². The van der Waals surface area contributed by atoms with Gasteiger partial charge in [-0.05, 0) is 50.6 Å². The minimum atomic E-state index is -4.28. The average molecular weight is 306 g/mol. The van der Waals surface area contributed by atoms with Gasteiger partial charge in [0.1, 0.15) is 0 Å². The summed E-state index contributed by atoms with van der Waals surface area (Å²) in [5.41, 5.74) is 0.256. The van der Waals surface area contributed by atoms with Gasteiger partial charge in [0.2, 0.25) is 0 Å². The number of aryl methyl sites for hydroxylation is 1. The van der Waals surface area contributed by atoms with Gasteiger partial charge in [-0.25, -0.2) is 0 Å². The van der Waals surface area contributed by atoms with E-state index < -0.39 is 20.3 Å². The predicted octanol–water partition coefficient (Wildman–Crippen LogP) is 4.39. The van der Waals surface area contributed by atoms with E-state index in [0.29, 0.717) is 19.6 Å². The Kier molecular flexibility index (Phi) is 6.23. The lowest BCUT2D eigenvalue weighted by Gasteiger charge is -2.26. The second-order valence-electron chi connectivity index (χ2n) is 4.69. The third-order valence-electron chi connectivity index (χ3n) is 3.05. The first-order valence-electron chi connectivity index (χ1n) is 6.75. The van der Waals surface area contributed by atoms with Crippen LogP contribution in [0, 0.1) is 0 Å². The highest BCUT2D eigenvalue weighted by atomic mass is 28.4. The Labute approximate surface area is 119 Å². The molecule has 1 aromatic rings. The van der Waals surface area contributed by atoms with Crippen LogP contribution >= 0.6 is 0 Å². The van der Waals surface area contributed by atoms with Crippen molar-refractivity contribution < 1.29 is 22.0 Å². The molecule has 1 aromatic carbocycles. The SMILES string of the molecule is CCO[Si](C)(CCc1ccc(C(F)(F)F)cc1)OCC. The molecule has 0 aromatic heterocycles. The van der Waals surface area contributed by atoms with Gasteiger partial charge in [0.15, 0.2) is 0 Å². The highest BCUT2D eigenvalue weighted by Gasteiger charge is 2.31. The fraction of sp³-hybridized carbons (Fsp3) is 0.571. The summed E-state index contributed by atoms with van der Waals surface area (Å²) in [5, 5.41) is 0. The van der Waals surface area contributed by atoms with Gasteiger partial charge in [-0.3, -0.25) is 0 Å². The molecule has 0 radical (unpaired) electrons. The number of rotatable bonds is 7. The van der Waals surface area contributed by atoms with Crippen molar-refractivity contribution >= 4 is 8.56 Å². The van der Waals surface area contributed by atoms with Gasteiger partial charge in [0.25, 0.3) is 0 Å². The zero-order valence-corrected chi connectivity index (χ0v) is 13.1. The number of benzene rings is 1. The summed E-state index contributed by atoms with van der Waals surface area (Å²) >= 11 is 0. The fourth-order valence-corrected chi connectivity index (χ4v) is 4.36. The highest BCUT2D eigenvalue weighted by Crippen LogP contribution is 2.29. The van der Waals surface area contributed by atoms with Crippen LogP contribution in [0.15, 0.2) is 24.3 Å². The molecule has 0 aliphatic carbocycles. The van der Waals surface area contributed by atoms with Crippen molar-refractivity contribution in [2.45, 2.75) is 39.0 Å². The van der Waals surface area contributed by atoms with Gasteiger partial charge < -0.3 is 8.85 Å². The van der Waals surface area contributed by atoms with Crippen LogP contribution in [0.25, 0.3) is 0 Å². The van der Waals surface area contributed by atoms with E-state index in [0.717, 1.165) is 23.7 Å². The summed E-state index contributed by atoms with van der Waals surface area (Å²) in [5.74, 6) is 0. The molecule has 2 nitrogen and oxygen atoms in total. The Balaban J connectivity index is 2.64. The molecule has 0 N–H and O–H groups in total. The summed E-state index contributed by atoms with van der Waals surface area (Å²) < 4.78 is 48.8. The molecule has 0 amide bonds. The van der Waals surface area contributed by atoms with Crippen LogP contribution in [0.5, 0.6) is 0 Å². The molecule has 6 heteroatoms. The number of alkyl halides is 3. The molecule has 0 aliphatic heterocycles. The maximum atomic E-state index is 12.5. The summed E-state index contributed by atoms with van der Waals surface area (Å²) in [6, 6.07) is 6.02. The van der Waals surface area contributed by atoms with E-state index in [-0.39, 0.29) is 0 Å². The van der Waals surface area contributed by atoms with E-state index in [2.05, 4.69) is 0 Å². The van der Waals surface area contributed by atoms with Crippen molar-refractivity contribution in [3.8, 4) is 0 Å². The molecule has 0 aliphatic rings. The molecule has 0 saturated carbocycles. The highest BCUT2D eigenvalue weighted by molar-refractivity contribution is 6.66. The minimum absolute atomic E-state index is 0.593. The zero-order valence-electron chi connectivity index (χ0n) is 12.1. The van der Waals surface area contributed by atoms with E-state index >= 15 is 0 Å². The molecule has 0 spiro atoms. The topological polar surface area (TPSA) is 18.5 Å². The van der Waals surface area contributed by atoms with E-state index in [1.807, 2.05) is 20.4 Å². The average Bonchev–Trinajstić information content (AvgIpc) is 2.37. The standard InChI is InChI=1S/C14H21F3O2Si/c1-4-18-20(3,19-5-2)11-10-12-6-8-13(9-7-12)14(15,16)17/h6-9H,4-5,10-11H2,1-3H3. The molecule has 0 bridgehead atoms. The van der Waals surface area contributed by atoms with Crippen LogP contribution in [0.3, 0.4) is 0 Å². The van der Waals surface area contributed by atoms with Crippen molar-refractivity contribution in [1.29, 1.82) is 0 Å². The molecule has 20 heavy (non-hydrogen) atoms. The molecule has 0 atom stereocenters. The van der Waals surface area contributed by atoms with Crippen molar-refractivity contribution in [2.24, 2.45) is 0 Å². The lowest BCUT2D eigenvalue weighted by Crippen LogP contribution is -2.39. The monoisotopic (exact) mass is 306 g/mol. The molecule has 0 unspecified atom stereocenters. The van der Waals surface area contributed by atoms with Crippen LogP contribution in [0.1, 0.15) is 25.0 Å². The Morgan fingerprint density at radius 3 is 1.90 bits per heavy atom. The third kappa shape index (κ3) is 5.26. The maximum absolute atomic E-state index is 12.5. The Bertz CT molecular complexity index is 398. The summed E-state index contributed by atoms with van der Waals surface area (Å²) in [6.45, 7) is 7.01. The predicted molar refractivity (Wildman–Crippen MR) is 74.8 cm³/mol. The quantitative estimate of drug-likeness (QED) is 0.695. The third-order valence-corrected chi connectivity index (χ3v) is 6.01. The van der Waals surface area contributed by atoms with Crippen molar-refractivity contribution in [1.82, 2.24) is 0 Å². The summed E-state index contributed by atoms with van der Waals surface area (Å²) in [6.07, 6.45) is -3.61. The molecule has 0 saturated heterocycles. The Morgan fingerprint density at radius 2 is 1.50 bits per heavy atom. The molecular formula is C14H21F3O2Si. The summed E-state index contributed by atoms with van der Waals surface area (Å²) in [7, 11) is -2.20. The Morgan fingerprint density at radius 1 is 1.00 bits per heavy atom. The number of hydrogen-bond donors (Lipinski definition) is 0. The number of halogens is 3. The van der Waals surface area contributed by atoms with Crippen LogP contribution in [-0.2, 0) is 21.4 Å². The summed E-state index contributed by atoms with van der Waals surface area (Å²) in [4.78, 5) is 0. The minimum Gasteiger partial charge on any atom is -0.395 e. The molecule has 0 heterocycles. The first-order valence-corrected chi connectivity index (χ1v) is 9.27. The van der Waals surface area contributed by atoms with E-state index in [1.165, 1.54) is 12.1 Å². The van der Waals surface area contributed by atoms with Gasteiger partial charge in [-0.15, -0.1) is 0 Å². The van der Waals surface area contributed by atoms with Gasteiger partial charge >= 0.3 is 14.7 Å². The van der Waals surface area contributed by atoms with Crippen LogP contribution < -0.4 is 0 Å². The van der Waals surface area contributed by atoms with Crippen LogP contribution in [0.2, 0.25) is 12.6 Å². The first kappa shape index (κ1) is 17.2. The largest absolute Gasteiger partial charge is 0.416 e. The lowest BCUT2D eigenvalue weighted by atomic mass is 10.1. The fourth-order valence-electron chi connectivity index (χ4n) is 2.03. The molecule has 1 rings (SSSR count). The normalized spacial score (nSPS) is 12.7. The van der Waals surface area contributed by atoms with E-state index in [9.17, 15) is 13.2 Å². The van der Waals surface area contributed by atoms with Crippen molar-refractivity contribution in [3.05, 3.63) is 35.4 Å². The molecular weight excluding hydrogens is 285 g/mol. The van der Waals surface area contributed by atoms with Crippen LogP contribution in [0.4, 0.5) is 13.2 Å². The van der Waals surface area contributed by atoms with Crippen molar-refractivity contribution in [2.75, 3.05) is 13.2 Å². The smallest absolute Gasteiger partial charge is 0.395 e. The Hall–Kier alpha value is -0.853. The molecule has 0 fully saturated rings. The second-order valence-corrected chi connectivity index (χ2v) is 8.04. The van der Waals surface area contributed by atoms with Gasteiger partial charge in [0, 0.05) is 13.2 Å². The first-order chi connectivity index (χ1) is 9.30. The maximum Gasteiger partial charge on any atom is 0.416 e. The van der Waals surface area contributed by atoms with Crippen molar-refractivity contribution in [3.63, 3.8) is 0 Å². The number of hydrogen-bond acceptors (Lipinski definition) is 2. The van der Waals surface area contributed by atoms with Crippen LogP contribution in [-0.4, -0.2) is 21.8 Å². The van der Waals surface area contributed by atoms with E-state index in [4.69, 9.17) is 8.85 Å². The zero-order chi connectivity index (χ0) is 15.2. The lowest BCUT2D eigenvalue weighted by molar-refractivity contribution is -0.137. The molecule has 114 valence electrons. The van der Waals surface area contributed by atoms with E-state index in [1.54, 1.807) is 0 Å². The van der Waals surface area contributed by atoms with Gasteiger partial charge in [-0.2, -0.15) is 13.2 Å².